The second-order valence-corrected chi connectivity index (χ2v) is 2.92. The summed E-state index contributed by atoms with van der Waals surface area (Å²) in [5, 5.41) is 17.8. The van der Waals surface area contributed by atoms with Crippen LogP contribution in [0.25, 0.3) is 0 Å². The average Bonchev–Trinajstić information content (AvgIpc) is 2.06. The second kappa shape index (κ2) is 3.70. The molecule has 0 bridgehead atoms. The van der Waals surface area contributed by atoms with Gasteiger partial charge in [0.1, 0.15) is 0 Å². The molecule has 1 aromatic rings. The van der Waals surface area contributed by atoms with Crippen molar-refractivity contribution in [1.29, 1.82) is 0 Å². The van der Waals surface area contributed by atoms with Crippen molar-refractivity contribution in [3.63, 3.8) is 0 Å². The number of phenols is 1. The first kappa shape index (κ1) is 9.92. The maximum atomic E-state index is 13.0. The lowest BCUT2D eigenvalue weighted by atomic mass is 10.1. The Morgan fingerprint density at radius 2 is 2.00 bits per heavy atom. The number of hydrogen-bond donors (Lipinski definition) is 2. The van der Waals surface area contributed by atoms with Crippen molar-refractivity contribution in [3.8, 4) is 5.75 Å². The molecule has 4 heteroatoms. The van der Waals surface area contributed by atoms with Gasteiger partial charge in [0, 0.05) is 6.42 Å². The van der Waals surface area contributed by atoms with Crippen LogP contribution in [0.3, 0.4) is 0 Å². The Hall–Kier alpha value is -1.16. The van der Waals surface area contributed by atoms with Gasteiger partial charge in [-0.15, -0.1) is 0 Å². The highest BCUT2D eigenvalue weighted by atomic mass is 19.1. The predicted octanol–water partition coefficient (Wildman–Crippen LogP) is 1.59. The maximum absolute atomic E-state index is 13.0. The molecule has 1 unspecified atom stereocenters. The Morgan fingerprint density at radius 3 is 2.54 bits per heavy atom. The molecular weight excluding hydrogens is 178 g/mol. The fraction of sp³-hybridized carbons (Fsp3) is 0.333. The zero-order valence-electron chi connectivity index (χ0n) is 7.09. The lowest BCUT2D eigenvalue weighted by Gasteiger charge is -2.06. The van der Waals surface area contributed by atoms with E-state index in [0.717, 1.165) is 6.07 Å². The largest absolute Gasteiger partial charge is 0.503 e. The van der Waals surface area contributed by atoms with Gasteiger partial charge in [0.05, 0.1) is 6.10 Å². The molecule has 0 radical (unpaired) electrons. The van der Waals surface area contributed by atoms with Gasteiger partial charge in [-0.1, -0.05) is 6.07 Å². The van der Waals surface area contributed by atoms with Crippen LogP contribution < -0.4 is 0 Å². The summed E-state index contributed by atoms with van der Waals surface area (Å²) in [5.41, 5.74) is 0.105. The molecule has 0 saturated heterocycles. The molecule has 0 amide bonds. The lowest BCUT2D eigenvalue weighted by molar-refractivity contribution is 0.193. The number of phenolic OH excluding ortho intramolecular Hbond substituents is 1. The predicted molar refractivity (Wildman–Crippen MR) is 43.4 cm³/mol. The number of hydrogen-bond acceptors (Lipinski definition) is 2. The number of aliphatic hydroxyl groups is 1. The SMILES string of the molecule is CC(O)Cc1ccc(F)c(O)c1F. The van der Waals surface area contributed by atoms with Gasteiger partial charge in [0.15, 0.2) is 17.4 Å². The van der Waals surface area contributed by atoms with E-state index in [9.17, 15) is 8.78 Å². The van der Waals surface area contributed by atoms with Gasteiger partial charge >= 0.3 is 0 Å². The van der Waals surface area contributed by atoms with Crippen LogP contribution in [0.5, 0.6) is 5.75 Å². The monoisotopic (exact) mass is 188 g/mol. The van der Waals surface area contributed by atoms with Crippen LogP contribution in [0.1, 0.15) is 12.5 Å². The first-order chi connectivity index (χ1) is 6.02. The van der Waals surface area contributed by atoms with Gasteiger partial charge in [-0.3, -0.25) is 0 Å². The Morgan fingerprint density at radius 1 is 1.38 bits per heavy atom. The number of aromatic hydroxyl groups is 1. The van der Waals surface area contributed by atoms with Gasteiger partial charge in [-0.05, 0) is 18.6 Å². The molecule has 0 heterocycles. The number of rotatable bonds is 2. The zero-order valence-corrected chi connectivity index (χ0v) is 7.09. The summed E-state index contributed by atoms with van der Waals surface area (Å²) in [7, 11) is 0. The molecule has 0 fully saturated rings. The minimum Gasteiger partial charge on any atom is -0.503 e. The minimum absolute atomic E-state index is 0.0552. The Kier molecular flexibility index (Phi) is 2.83. The smallest absolute Gasteiger partial charge is 0.188 e. The van der Waals surface area contributed by atoms with Crippen molar-refractivity contribution in [1.82, 2.24) is 0 Å². The standard InChI is InChI=1S/C9H10F2O2/c1-5(12)4-6-2-3-7(10)9(13)8(6)11/h2-3,5,12-13H,4H2,1H3. The molecule has 0 aliphatic heterocycles. The fourth-order valence-corrected chi connectivity index (χ4v) is 1.06. The van der Waals surface area contributed by atoms with Gasteiger partial charge < -0.3 is 10.2 Å². The summed E-state index contributed by atoms with van der Waals surface area (Å²) in [5.74, 6) is -2.98. The minimum atomic E-state index is -0.999. The van der Waals surface area contributed by atoms with Crippen LogP contribution in [0, 0.1) is 11.6 Å². The normalized spacial score (nSPS) is 12.9. The fourth-order valence-electron chi connectivity index (χ4n) is 1.06. The van der Waals surface area contributed by atoms with Crippen LogP contribution in [0.4, 0.5) is 8.78 Å². The molecule has 0 spiro atoms. The Bertz CT molecular complexity index is 311. The highest BCUT2D eigenvalue weighted by Crippen LogP contribution is 2.23. The summed E-state index contributed by atoms with van der Waals surface area (Å²) in [6, 6.07) is 2.17. The van der Waals surface area contributed by atoms with Crippen molar-refractivity contribution < 1.29 is 19.0 Å². The third-order valence-electron chi connectivity index (χ3n) is 1.66. The number of benzene rings is 1. The van der Waals surface area contributed by atoms with E-state index in [1.807, 2.05) is 0 Å². The highest BCUT2D eigenvalue weighted by Gasteiger charge is 2.13. The maximum Gasteiger partial charge on any atom is 0.188 e. The molecule has 1 rings (SSSR count). The van der Waals surface area contributed by atoms with Gasteiger partial charge in [-0.25, -0.2) is 8.78 Å². The van der Waals surface area contributed by atoms with E-state index in [-0.39, 0.29) is 12.0 Å². The molecule has 13 heavy (non-hydrogen) atoms. The van der Waals surface area contributed by atoms with Crippen LogP contribution in [-0.2, 0) is 6.42 Å². The topological polar surface area (TPSA) is 40.5 Å². The van der Waals surface area contributed by atoms with E-state index >= 15 is 0 Å². The summed E-state index contributed by atoms with van der Waals surface area (Å²) < 4.78 is 25.6. The van der Waals surface area contributed by atoms with Crippen LogP contribution in [0.15, 0.2) is 12.1 Å². The highest BCUT2D eigenvalue weighted by molar-refractivity contribution is 5.31. The van der Waals surface area contributed by atoms with Crippen LogP contribution >= 0.6 is 0 Å². The molecule has 1 atom stereocenters. The molecule has 2 N–H and O–H groups in total. The lowest BCUT2D eigenvalue weighted by Crippen LogP contribution is -2.06. The van der Waals surface area contributed by atoms with Crippen LogP contribution in [0.2, 0.25) is 0 Å². The third-order valence-corrected chi connectivity index (χ3v) is 1.66. The average molecular weight is 188 g/mol. The van der Waals surface area contributed by atoms with Gasteiger partial charge in [-0.2, -0.15) is 0 Å². The molecular formula is C9H10F2O2. The molecule has 2 nitrogen and oxygen atoms in total. The Labute approximate surface area is 74.4 Å². The molecule has 0 aliphatic carbocycles. The molecule has 0 saturated carbocycles. The third kappa shape index (κ3) is 2.15. The van der Waals surface area contributed by atoms with Crippen molar-refractivity contribution in [3.05, 3.63) is 29.3 Å². The van der Waals surface area contributed by atoms with E-state index in [4.69, 9.17) is 10.2 Å². The summed E-state index contributed by atoms with van der Waals surface area (Å²) >= 11 is 0. The first-order valence-electron chi connectivity index (χ1n) is 3.86. The summed E-state index contributed by atoms with van der Waals surface area (Å²) in [4.78, 5) is 0. The van der Waals surface area contributed by atoms with Crippen molar-refractivity contribution in [2.75, 3.05) is 0 Å². The first-order valence-corrected chi connectivity index (χ1v) is 3.86. The molecule has 0 aromatic heterocycles. The zero-order chi connectivity index (χ0) is 10.0. The number of halogens is 2. The van der Waals surface area contributed by atoms with E-state index in [1.54, 1.807) is 0 Å². The Balaban J connectivity index is 3.04. The van der Waals surface area contributed by atoms with E-state index < -0.39 is 23.5 Å². The van der Waals surface area contributed by atoms with Gasteiger partial charge in [0.25, 0.3) is 0 Å². The van der Waals surface area contributed by atoms with Crippen molar-refractivity contribution in [2.24, 2.45) is 0 Å². The molecule has 72 valence electrons. The number of aliphatic hydroxyl groups excluding tert-OH is 1. The quantitative estimate of drug-likeness (QED) is 0.739. The van der Waals surface area contributed by atoms with E-state index in [2.05, 4.69) is 0 Å². The molecule has 1 aromatic carbocycles. The second-order valence-electron chi connectivity index (χ2n) is 2.92. The summed E-state index contributed by atoms with van der Waals surface area (Å²) in [6.07, 6.45) is -0.668. The van der Waals surface area contributed by atoms with Gasteiger partial charge in [0.2, 0.25) is 0 Å². The summed E-state index contributed by atoms with van der Waals surface area (Å²) in [6.45, 7) is 1.49. The molecule has 0 aliphatic rings. The van der Waals surface area contributed by atoms with Crippen LogP contribution in [-0.4, -0.2) is 16.3 Å². The van der Waals surface area contributed by atoms with E-state index in [1.165, 1.54) is 13.0 Å². The van der Waals surface area contributed by atoms with Crippen molar-refractivity contribution in [2.45, 2.75) is 19.4 Å². The van der Waals surface area contributed by atoms with Crippen molar-refractivity contribution >= 4 is 0 Å². The van der Waals surface area contributed by atoms with E-state index in [0.29, 0.717) is 0 Å².